The maximum Gasteiger partial charge on any atom is 0.246 e. The number of pyridine rings is 1. The van der Waals surface area contributed by atoms with Crippen molar-refractivity contribution >= 4 is 5.91 Å². The number of benzene rings is 1. The Balaban J connectivity index is 1.69. The minimum Gasteiger partial charge on any atom is -0.387 e. The maximum absolute atomic E-state index is 12.0. The fraction of sp³-hybridized carbons (Fsp3) is 0.429. The normalized spacial score (nSPS) is 23.1. The predicted molar refractivity (Wildman–Crippen MR) is 101 cm³/mol. The average Bonchev–Trinajstić information content (AvgIpc) is 2.97. The second-order valence-electron chi connectivity index (χ2n) is 7.29. The lowest BCUT2D eigenvalue weighted by atomic mass is 9.72. The van der Waals surface area contributed by atoms with Crippen LogP contribution < -0.4 is 10.6 Å². The van der Waals surface area contributed by atoms with Crippen molar-refractivity contribution in [2.45, 2.75) is 37.0 Å². The third-order valence-electron chi connectivity index (χ3n) is 5.79. The van der Waals surface area contributed by atoms with Crippen LogP contribution in [0.25, 0.3) is 0 Å². The topological polar surface area (TPSA) is 83.5 Å². The molecule has 142 valence electrons. The van der Waals surface area contributed by atoms with Crippen molar-refractivity contribution in [2.75, 3.05) is 19.7 Å². The van der Waals surface area contributed by atoms with E-state index in [2.05, 4.69) is 33.8 Å². The molecule has 3 N–H and O–H groups in total. The van der Waals surface area contributed by atoms with Crippen LogP contribution in [0.1, 0.15) is 35.6 Å². The van der Waals surface area contributed by atoms with E-state index in [1.165, 1.54) is 5.56 Å². The molecule has 1 spiro atoms. The Morgan fingerprint density at radius 3 is 2.81 bits per heavy atom. The van der Waals surface area contributed by atoms with Crippen molar-refractivity contribution in [3.8, 4) is 0 Å². The molecule has 4 rings (SSSR count). The molecule has 1 aromatic heterocycles. The van der Waals surface area contributed by atoms with Crippen molar-refractivity contribution in [3.05, 3.63) is 65.5 Å². The van der Waals surface area contributed by atoms with Gasteiger partial charge in [0.15, 0.2) is 0 Å². The van der Waals surface area contributed by atoms with Gasteiger partial charge in [0.1, 0.15) is 6.61 Å². The van der Waals surface area contributed by atoms with Gasteiger partial charge in [-0.2, -0.15) is 0 Å². The Morgan fingerprint density at radius 1 is 1.26 bits per heavy atom. The van der Waals surface area contributed by atoms with Crippen LogP contribution in [-0.4, -0.2) is 41.8 Å². The number of aliphatic hydroxyl groups is 1. The van der Waals surface area contributed by atoms with Gasteiger partial charge < -0.3 is 20.5 Å². The van der Waals surface area contributed by atoms with Crippen molar-refractivity contribution in [2.24, 2.45) is 0 Å². The summed E-state index contributed by atoms with van der Waals surface area (Å²) in [6, 6.07) is 11.9. The first-order chi connectivity index (χ1) is 13.2. The number of aliphatic hydroxyl groups excluding tert-OH is 1. The number of nitrogens with zero attached hydrogens (tertiary/aromatic N) is 1. The lowest BCUT2D eigenvalue weighted by Crippen LogP contribution is -2.50. The van der Waals surface area contributed by atoms with E-state index in [1.54, 1.807) is 12.4 Å². The first-order valence-electron chi connectivity index (χ1n) is 9.45. The quantitative estimate of drug-likeness (QED) is 0.745. The van der Waals surface area contributed by atoms with E-state index in [-0.39, 0.29) is 23.5 Å². The lowest BCUT2D eigenvalue weighted by molar-refractivity contribution is -0.126. The maximum atomic E-state index is 12.0. The molecule has 1 aromatic carbocycles. The number of nitrogens with one attached hydrogen (secondary N) is 2. The SMILES string of the molecule is O=C(CO)N[C@@H]1c2ccccc2C2(CCNCC2)[C@H]1OCc1cccnc1. The van der Waals surface area contributed by atoms with Gasteiger partial charge >= 0.3 is 0 Å². The minimum absolute atomic E-state index is 0.141. The van der Waals surface area contributed by atoms with E-state index in [0.29, 0.717) is 6.61 Å². The van der Waals surface area contributed by atoms with E-state index in [1.807, 2.05) is 18.2 Å². The van der Waals surface area contributed by atoms with Crippen molar-refractivity contribution in [3.63, 3.8) is 0 Å². The molecule has 2 aliphatic rings. The molecule has 2 atom stereocenters. The summed E-state index contributed by atoms with van der Waals surface area (Å²) in [6.07, 6.45) is 5.26. The smallest absolute Gasteiger partial charge is 0.246 e. The summed E-state index contributed by atoms with van der Waals surface area (Å²) >= 11 is 0. The van der Waals surface area contributed by atoms with Gasteiger partial charge in [-0.3, -0.25) is 9.78 Å². The summed E-state index contributed by atoms with van der Waals surface area (Å²) in [4.78, 5) is 16.2. The Labute approximate surface area is 159 Å². The summed E-state index contributed by atoms with van der Waals surface area (Å²) in [5.41, 5.74) is 3.21. The number of piperidine rings is 1. The van der Waals surface area contributed by atoms with Gasteiger partial charge in [0.2, 0.25) is 5.91 Å². The lowest BCUT2D eigenvalue weighted by Gasteiger charge is -2.41. The Kier molecular flexibility index (Phi) is 5.20. The van der Waals surface area contributed by atoms with Gasteiger partial charge in [0, 0.05) is 17.8 Å². The molecular weight excluding hydrogens is 342 g/mol. The number of hydrogen-bond acceptors (Lipinski definition) is 5. The molecule has 6 heteroatoms. The Hall–Kier alpha value is -2.28. The molecule has 1 aliphatic carbocycles. The summed E-state index contributed by atoms with van der Waals surface area (Å²) < 4.78 is 6.46. The van der Waals surface area contributed by atoms with Gasteiger partial charge in [-0.05, 0) is 48.7 Å². The third kappa shape index (κ3) is 3.36. The average molecular weight is 367 g/mol. The Bertz CT molecular complexity index is 790. The largest absolute Gasteiger partial charge is 0.387 e. The van der Waals surface area contributed by atoms with Crippen LogP contribution in [0.2, 0.25) is 0 Å². The van der Waals surface area contributed by atoms with Gasteiger partial charge in [-0.1, -0.05) is 30.3 Å². The van der Waals surface area contributed by atoms with E-state index < -0.39 is 6.61 Å². The standard InChI is InChI=1S/C21H25N3O3/c25-13-18(26)24-19-16-5-1-2-6-17(16)21(7-10-22-11-8-21)20(19)27-14-15-4-3-9-23-12-15/h1-6,9,12,19-20,22,25H,7-8,10-11,13-14H2,(H,24,26)/t19-,20+/m1/s1. The summed E-state index contributed by atoms with van der Waals surface area (Å²) in [5, 5.41) is 15.7. The number of hydrogen-bond donors (Lipinski definition) is 3. The van der Waals surface area contributed by atoms with Crippen LogP contribution in [-0.2, 0) is 21.6 Å². The van der Waals surface area contributed by atoms with Crippen molar-refractivity contribution in [1.82, 2.24) is 15.6 Å². The summed E-state index contributed by atoms with van der Waals surface area (Å²) in [6.45, 7) is 1.75. The second-order valence-corrected chi connectivity index (χ2v) is 7.29. The fourth-order valence-electron chi connectivity index (χ4n) is 4.58. The van der Waals surface area contributed by atoms with Crippen LogP contribution in [0.5, 0.6) is 0 Å². The van der Waals surface area contributed by atoms with Crippen LogP contribution in [0.4, 0.5) is 0 Å². The second kappa shape index (κ2) is 7.76. The molecule has 1 amide bonds. The van der Waals surface area contributed by atoms with Crippen molar-refractivity contribution in [1.29, 1.82) is 0 Å². The zero-order chi connectivity index (χ0) is 18.7. The molecule has 0 saturated carbocycles. The monoisotopic (exact) mass is 367 g/mol. The molecule has 0 radical (unpaired) electrons. The van der Waals surface area contributed by atoms with Gasteiger partial charge in [-0.15, -0.1) is 0 Å². The number of carbonyl (C=O) groups is 1. The third-order valence-corrected chi connectivity index (χ3v) is 5.79. The van der Waals surface area contributed by atoms with Gasteiger partial charge in [-0.25, -0.2) is 0 Å². The van der Waals surface area contributed by atoms with Crippen molar-refractivity contribution < 1.29 is 14.6 Å². The number of amides is 1. The number of fused-ring (bicyclic) bond motifs is 2. The zero-order valence-electron chi connectivity index (χ0n) is 15.2. The number of aromatic nitrogens is 1. The van der Waals surface area contributed by atoms with Gasteiger partial charge in [0.05, 0.1) is 18.8 Å². The van der Waals surface area contributed by atoms with E-state index in [9.17, 15) is 9.90 Å². The Morgan fingerprint density at radius 2 is 2.07 bits per heavy atom. The molecule has 1 aliphatic heterocycles. The van der Waals surface area contributed by atoms with Crippen LogP contribution in [0.15, 0.2) is 48.8 Å². The molecular formula is C21H25N3O3. The molecule has 6 nitrogen and oxygen atoms in total. The zero-order valence-corrected chi connectivity index (χ0v) is 15.2. The molecule has 0 unspecified atom stereocenters. The molecule has 2 heterocycles. The fourth-order valence-corrected chi connectivity index (χ4v) is 4.58. The predicted octanol–water partition coefficient (Wildman–Crippen LogP) is 1.45. The summed E-state index contributed by atoms with van der Waals surface area (Å²) in [7, 11) is 0. The first-order valence-corrected chi connectivity index (χ1v) is 9.45. The van der Waals surface area contributed by atoms with Gasteiger partial charge in [0.25, 0.3) is 0 Å². The molecule has 2 aromatic rings. The van der Waals surface area contributed by atoms with Crippen LogP contribution in [0, 0.1) is 0 Å². The number of carbonyl (C=O) groups excluding carboxylic acids is 1. The number of rotatable bonds is 5. The highest BCUT2D eigenvalue weighted by Gasteiger charge is 2.53. The summed E-state index contributed by atoms with van der Waals surface area (Å²) in [5.74, 6) is -0.379. The highest BCUT2D eigenvalue weighted by molar-refractivity contribution is 5.78. The molecule has 1 fully saturated rings. The molecule has 0 bridgehead atoms. The van der Waals surface area contributed by atoms with Crippen LogP contribution >= 0.6 is 0 Å². The number of ether oxygens (including phenoxy) is 1. The van der Waals surface area contributed by atoms with E-state index >= 15 is 0 Å². The molecule has 1 saturated heterocycles. The molecule has 27 heavy (non-hydrogen) atoms. The highest BCUT2D eigenvalue weighted by Crippen LogP contribution is 2.51. The van der Waals surface area contributed by atoms with E-state index in [4.69, 9.17) is 4.74 Å². The van der Waals surface area contributed by atoms with Crippen LogP contribution in [0.3, 0.4) is 0 Å². The minimum atomic E-state index is -0.525. The highest BCUT2D eigenvalue weighted by atomic mass is 16.5. The first kappa shape index (κ1) is 18.1. The van der Waals surface area contributed by atoms with E-state index in [0.717, 1.165) is 37.1 Å².